The van der Waals surface area contributed by atoms with Crippen LogP contribution in [0.5, 0.6) is 5.75 Å². The van der Waals surface area contributed by atoms with Gasteiger partial charge in [0.25, 0.3) is 0 Å². The SMILES string of the molecule is NC(/N=C\NCCCOc1ccc(Cl)c(Cl)c1)=N/C(N)c1ccc(Cl)cc1. The zero-order chi connectivity index (χ0) is 19.6. The molecule has 2 aromatic carbocycles. The summed E-state index contributed by atoms with van der Waals surface area (Å²) in [4.78, 5) is 8.11. The Morgan fingerprint density at radius 2 is 1.85 bits per heavy atom. The van der Waals surface area contributed by atoms with Gasteiger partial charge in [0.2, 0.25) is 5.96 Å². The zero-order valence-corrected chi connectivity index (χ0v) is 16.7. The van der Waals surface area contributed by atoms with E-state index >= 15 is 0 Å². The van der Waals surface area contributed by atoms with E-state index in [0.717, 1.165) is 12.0 Å². The number of aliphatic imine (C=N–C) groups is 2. The van der Waals surface area contributed by atoms with E-state index in [4.69, 9.17) is 51.0 Å². The first-order valence-electron chi connectivity index (χ1n) is 8.14. The molecule has 2 aromatic rings. The van der Waals surface area contributed by atoms with E-state index in [9.17, 15) is 0 Å². The molecule has 5 N–H and O–H groups in total. The summed E-state index contributed by atoms with van der Waals surface area (Å²) in [5.41, 5.74) is 12.5. The highest BCUT2D eigenvalue weighted by atomic mass is 35.5. The Morgan fingerprint density at radius 1 is 1.11 bits per heavy atom. The summed E-state index contributed by atoms with van der Waals surface area (Å²) >= 11 is 17.6. The third-order valence-electron chi connectivity index (χ3n) is 3.40. The van der Waals surface area contributed by atoms with Crippen molar-refractivity contribution in [2.45, 2.75) is 12.6 Å². The van der Waals surface area contributed by atoms with Gasteiger partial charge in [0.05, 0.1) is 23.0 Å². The summed E-state index contributed by atoms with van der Waals surface area (Å²) in [6.07, 6.45) is 1.64. The average molecular weight is 429 g/mol. The number of hydrogen-bond donors (Lipinski definition) is 3. The molecule has 0 aliphatic rings. The maximum atomic E-state index is 5.95. The fourth-order valence-corrected chi connectivity index (χ4v) is 2.43. The lowest BCUT2D eigenvalue weighted by molar-refractivity contribution is 0.311. The van der Waals surface area contributed by atoms with Gasteiger partial charge in [0, 0.05) is 17.6 Å². The van der Waals surface area contributed by atoms with Crippen LogP contribution in [0.3, 0.4) is 0 Å². The third-order valence-corrected chi connectivity index (χ3v) is 4.39. The van der Waals surface area contributed by atoms with Gasteiger partial charge in [0.15, 0.2) is 0 Å². The number of nitrogens with one attached hydrogen (secondary N) is 1. The largest absolute Gasteiger partial charge is 0.493 e. The highest BCUT2D eigenvalue weighted by molar-refractivity contribution is 6.42. The molecular weight excluding hydrogens is 409 g/mol. The number of halogens is 3. The molecule has 27 heavy (non-hydrogen) atoms. The molecule has 1 unspecified atom stereocenters. The van der Waals surface area contributed by atoms with Gasteiger partial charge in [-0.05, 0) is 36.2 Å². The molecule has 0 radical (unpaired) electrons. The molecule has 0 saturated carbocycles. The van der Waals surface area contributed by atoms with Crippen molar-refractivity contribution >= 4 is 47.1 Å². The van der Waals surface area contributed by atoms with Gasteiger partial charge in [-0.2, -0.15) is 0 Å². The molecule has 1 atom stereocenters. The van der Waals surface area contributed by atoms with Crippen molar-refractivity contribution in [3.8, 4) is 5.75 Å². The number of nitrogens with zero attached hydrogens (tertiary/aromatic N) is 2. The maximum absolute atomic E-state index is 5.95. The molecule has 0 aromatic heterocycles. The van der Waals surface area contributed by atoms with Crippen LogP contribution in [-0.4, -0.2) is 25.4 Å². The van der Waals surface area contributed by atoms with Crippen LogP contribution in [0.25, 0.3) is 0 Å². The summed E-state index contributed by atoms with van der Waals surface area (Å²) in [5.74, 6) is 0.752. The highest BCUT2D eigenvalue weighted by Crippen LogP contribution is 2.26. The van der Waals surface area contributed by atoms with E-state index in [1.807, 2.05) is 0 Å². The molecule has 0 aliphatic heterocycles. The van der Waals surface area contributed by atoms with Gasteiger partial charge in [-0.3, -0.25) is 0 Å². The Hall–Kier alpha value is -1.99. The van der Waals surface area contributed by atoms with Gasteiger partial charge in [-0.25, -0.2) is 9.98 Å². The fraction of sp³-hybridized carbons (Fsp3) is 0.222. The van der Waals surface area contributed by atoms with Crippen molar-refractivity contribution in [3.63, 3.8) is 0 Å². The predicted molar refractivity (Wildman–Crippen MR) is 113 cm³/mol. The van der Waals surface area contributed by atoms with E-state index in [2.05, 4.69) is 15.3 Å². The summed E-state index contributed by atoms with van der Waals surface area (Å²) in [6.45, 7) is 1.17. The van der Waals surface area contributed by atoms with Crippen LogP contribution in [0, 0.1) is 0 Å². The van der Waals surface area contributed by atoms with Crippen LogP contribution in [0.15, 0.2) is 52.4 Å². The lowest BCUT2D eigenvalue weighted by Crippen LogP contribution is -2.20. The molecule has 9 heteroatoms. The van der Waals surface area contributed by atoms with Crippen LogP contribution in [-0.2, 0) is 0 Å². The minimum atomic E-state index is -0.598. The first-order valence-corrected chi connectivity index (χ1v) is 9.27. The summed E-state index contributed by atoms with van der Waals surface area (Å²) < 4.78 is 5.58. The number of benzene rings is 2. The Labute approximate surface area is 173 Å². The normalized spacial score (nSPS) is 13.0. The monoisotopic (exact) mass is 427 g/mol. The molecule has 0 amide bonds. The van der Waals surface area contributed by atoms with Crippen molar-refractivity contribution < 1.29 is 4.74 Å². The summed E-state index contributed by atoms with van der Waals surface area (Å²) in [5, 5.41) is 4.60. The van der Waals surface area contributed by atoms with E-state index in [1.165, 1.54) is 6.34 Å². The van der Waals surface area contributed by atoms with Gasteiger partial charge in [-0.15, -0.1) is 0 Å². The second-order valence-electron chi connectivity index (χ2n) is 5.47. The van der Waals surface area contributed by atoms with E-state index < -0.39 is 6.17 Å². The smallest absolute Gasteiger partial charge is 0.218 e. The third kappa shape index (κ3) is 7.64. The van der Waals surface area contributed by atoms with Crippen molar-refractivity contribution in [1.29, 1.82) is 0 Å². The average Bonchev–Trinajstić information content (AvgIpc) is 2.64. The Bertz CT molecular complexity index is 796. The standard InChI is InChI=1S/C18H20Cl3N5O/c19-13-4-2-12(3-5-13)17(22)26-18(23)25-11-24-8-1-9-27-14-6-7-15(20)16(21)10-14/h2-7,10-11,17H,1,8-9,22H2,(H3,23,24,25,26). The predicted octanol–water partition coefficient (Wildman–Crippen LogP) is 4.01. The number of guanidine groups is 1. The first-order chi connectivity index (χ1) is 13.0. The van der Waals surface area contributed by atoms with Crippen molar-refractivity contribution in [2.24, 2.45) is 21.5 Å². The van der Waals surface area contributed by atoms with Crippen LogP contribution in [0.1, 0.15) is 18.2 Å². The number of nitrogens with two attached hydrogens (primary N) is 2. The first kappa shape index (κ1) is 21.3. The van der Waals surface area contributed by atoms with Crippen LogP contribution < -0.4 is 21.5 Å². The van der Waals surface area contributed by atoms with Crippen LogP contribution in [0.2, 0.25) is 15.1 Å². The van der Waals surface area contributed by atoms with Gasteiger partial charge >= 0.3 is 0 Å². The van der Waals surface area contributed by atoms with Gasteiger partial charge < -0.3 is 21.5 Å². The minimum absolute atomic E-state index is 0.0806. The lowest BCUT2D eigenvalue weighted by atomic mass is 10.2. The Balaban J connectivity index is 1.67. The van der Waals surface area contributed by atoms with Gasteiger partial charge in [-0.1, -0.05) is 46.9 Å². The molecular formula is C18H20Cl3N5O. The number of rotatable bonds is 8. The van der Waals surface area contributed by atoms with E-state index in [-0.39, 0.29) is 5.96 Å². The zero-order valence-electron chi connectivity index (χ0n) is 14.4. The quantitative estimate of drug-likeness (QED) is 0.336. The van der Waals surface area contributed by atoms with Crippen molar-refractivity contribution in [2.75, 3.05) is 13.2 Å². The summed E-state index contributed by atoms with van der Waals surface area (Å²) in [6, 6.07) is 12.2. The fourth-order valence-electron chi connectivity index (χ4n) is 2.02. The molecule has 0 spiro atoms. The molecule has 0 heterocycles. The lowest BCUT2D eigenvalue weighted by Gasteiger charge is -2.07. The topological polar surface area (TPSA) is 98.0 Å². The molecule has 6 nitrogen and oxygen atoms in total. The highest BCUT2D eigenvalue weighted by Gasteiger charge is 2.04. The maximum Gasteiger partial charge on any atom is 0.218 e. The second-order valence-corrected chi connectivity index (χ2v) is 6.72. The Kier molecular flexibility index (Phi) is 8.67. The van der Waals surface area contributed by atoms with Crippen LogP contribution >= 0.6 is 34.8 Å². The van der Waals surface area contributed by atoms with Gasteiger partial charge in [0.1, 0.15) is 11.9 Å². The second kappa shape index (κ2) is 11.0. The molecule has 144 valence electrons. The molecule has 0 bridgehead atoms. The minimum Gasteiger partial charge on any atom is -0.493 e. The number of hydrogen-bond acceptors (Lipinski definition) is 3. The van der Waals surface area contributed by atoms with E-state index in [0.29, 0.717) is 34.0 Å². The van der Waals surface area contributed by atoms with Crippen molar-refractivity contribution in [1.82, 2.24) is 5.32 Å². The van der Waals surface area contributed by atoms with Crippen molar-refractivity contribution in [3.05, 3.63) is 63.1 Å². The summed E-state index contributed by atoms with van der Waals surface area (Å²) in [7, 11) is 0. The molecule has 0 aliphatic carbocycles. The van der Waals surface area contributed by atoms with Crippen LogP contribution in [0.4, 0.5) is 0 Å². The Morgan fingerprint density at radius 3 is 2.56 bits per heavy atom. The molecule has 2 rings (SSSR count). The molecule has 0 saturated heterocycles. The number of ether oxygens (including phenoxy) is 1. The van der Waals surface area contributed by atoms with E-state index in [1.54, 1.807) is 42.5 Å². The molecule has 0 fully saturated rings.